The number of rotatable bonds is 9. The third-order valence-corrected chi connectivity index (χ3v) is 3.37. The highest BCUT2D eigenvalue weighted by Gasteiger charge is 2.28. The summed E-state index contributed by atoms with van der Waals surface area (Å²) in [5.74, 6) is -0.376. The van der Waals surface area contributed by atoms with Crippen molar-refractivity contribution in [3.8, 4) is 0 Å². The molecular weight excluding hydrogens is 282 g/mol. The van der Waals surface area contributed by atoms with Gasteiger partial charge in [0.2, 0.25) is 0 Å². The summed E-state index contributed by atoms with van der Waals surface area (Å²) in [6, 6.07) is -0.654. The summed E-state index contributed by atoms with van der Waals surface area (Å²) < 4.78 is 10.4. The molecule has 5 nitrogen and oxygen atoms in total. The van der Waals surface area contributed by atoms with Crippen LogP contribution in [0, 0.1) is 11.3 Å². The van der Waals surface area contributed by atoms with Gasteiger partial charge in [-0.25, -0.2) is 9.59 Å². The molecule has 5 heteroatoms. The second-order valence-corrected chi connectivity index (χ2v) is 7.02. The summed E-state index contributed by atoms with van der Waals surface area (Å²) >= 11 is 0. The van der Waals surface area contributed by atoms with E-state index in [4.69, 9.17) is 9.47 Å². The Hall–Kier alpha value is -1.26. The Morgan fingerprint density at radius 3 is 2.23 bits per heavy atom. The van der Waals surface area contributed by atoms with Crippen LogP contribution in [0.15, 0.2) is 0 Å². The number of hydrogen-bond acceptors (Lipinski definition) is 4. The van der Waals surface area contributed by atoms with Gasteiger partial charge in [0.1, 0.15) is 6.04 Å². The molecule has 0 aliphatic carbocycles. The number of hydrogen-bond donors (Lipinski definition) is 1. The predicted molar refractivity (Wildman–Crippen MR) is 87.7 cm³/mol. The maximum absolute atomic E-state index is 12.2. The van der Waals surface area contributed by atoms with E-state index in [1.54, 1.807) is 0 Å². The molecule has 0 rings (SSSR count). The molecule has 22 heavy (non-hydrogen) atoms. The van der Waals surface area contributed by atoms with Gasteiger partial charge in [0.25, 0.3) is 0 Å². The molecule has 0 aliphatic rings. The van der Waals surface area contributed by atoms with Crippen molar-refractivity contribution in [3.63, 3.8) is 0 Å². The van der Waals surface area contributed by atoms with Gasteiger partial charge in [-0.1, -0.05) is 60.8 Å². The second-order valence-electron chi connectivity index (χ2n) is 7.02. The standard InChI is InChI=1S/C17H33NO4/c1-7-9-10-11-21-15(19)14(13(3)8-2)18-16(20)22-12-17(4,5)6/h13-14H,7-12H2,1-6H3,(H,18,20). The van der Waals surface area contributed by atoms with Crippen molar-refractivity contribution in [1.82, 2.24) is 5.32 Å². The fraction of sp³-hybridized carbons (Fsp3) is 0.882. The maximum Gasteiger partial charge on any atom is 0.407 e. The number of ether oxygens (including phenoxy) is 2. The Bertz CT molecular complexity index is 336. The molecule has 0 radical (unpaired) electrons. The molecule has 0 saturated carbocycles. The molecule has 0 heterocycles. The van der Waals surface area contributed by atoms with E-state index in [2.05, 4.69) is 12.2 Å². The van der Waals surface area contributed by atoms with Crippen molar-refractivity contribution >= 4 is 12.1 Å². The largest absolute Gasteiger partial charge is 0.464 e. The van der Waals surface area contributed by atoms with Gasteiger partial charge in [-0.05, 0) is 17.8 Å². The number of esters is 1. The van der Waals surface area contributed by atoms with E-state index < -0.39 is 12.1 Å². The first-order valence-corrected chi connectivity index (χ1v) is 8.31. The van der Waals surface area contributed by atoms with Crippen LogP contribution in [0.3, 0.4) is 0 Å². The summed E-state index contributed by atoms with van der Waals surface area (Å²) in [6.45, 7) is 12.6. The lowest BCUT2D eigenvalue weighted by Crippen LogP contribution is -2.46. The van der Waals surface area contributed by atoms with Crippen LogP contribution in [0.2, 0.25) is 0 Å². The number of nitrogens with one attached hydrogen (secondary N) is 1. The molecule has 0 aromatic rings. The molecule has 0 saturated heterocycles. The minimum absolute atomic E-state index is 0.000798. The summed E-state index contributed by atoms with van der Waals surface area (Å²) in [5.41, 5.74) is -0.107. The minimum atomic E-state index is -0.654. The number of unbranched alkanes of at least 4 members (excludes halogenated alkanes) is 2. The first kappa shape index (κ1) is 20.7. The molecule has 0 bridgehead atoms. The lowest BCUT2D eigenvalue weighted by Gasteiger charge is -2.24. The van der Waals surface area contributed by atoms with Crippen molar-refractivity contribution in [1.29, 1.82) is 0 Å². The van der Waals surface area contributed by atoms with Crippen LogP contribution >= 0.6 is 0 Å². The third kappa shape index (κ3) is 9.64. The monoisotopic (exact) mass is 315 g/mol. The van der Waals surface area contributed by atoms with Gasteiger partial charge in [0.05, 0.1) is 13.2 Å². The summed E-state index contributed by atoms with van der Waals surface area (Å²) in [6.07, 6.45) is 3.16. The van der Waals surface area contributed by atoms with Crippen molar-refractivity contribution in [3.05, 3.63) is 0 Å². The van der Waals surface area contributed by atoms with Crippen LogP contribution < -0.4 is 5.32 Å². The van der Waals surface area contributed by atoms with E-state index >= 15 is 0 Å². The van der Waals surface area contributed by atoms with E-state index in [1.165, 1.54) is 0 Å². The topological polar surface area (TPSA) is 64.6 Å². The Morgan fingerprint density at radius 1 is 1.09 bits per heavy atom. The Morgan fingerprint density at radius 2 is 1.73 bits per heavy atom. The van der Waals surface area contributed by atoms with Gasteiger partial charge >= 0.3 is 12.1 Å². The van der Waals surface area contributed by atoms with Crippen LogP contribution in [0.1, 0.15) is 67.2 Å². The number of alkyl carbamates (subject to hydrolysis) is 1. The van der Waals surface area contributed by atoms with E-state index in [9.17, 15) is 9.59 Å². The molecule has 0 fully saturated rings. The smallest absolute Gasteiger partial charge is 0.407 e. The zero-order valence-electron chi connectivity index (χ0n) is 15.0. The van der Waals surface area contributed by atoms with Crippen LogP contribution in [0.5, 0.6) is 0 Å². The average Bonchev–Trinajstić information content (AvgIpc) is 2.45. The molecular formula is C17H33NO4. The van der Waals surface area contributed by atoms with Crippen molar-refractivity contribution < 1.29 is 19.1 Å². The molecule has 0 spiro atoms. The van der Waals surface area contributed by atoms with Crippen LogP contribution in [-0.2, 0) is 14.3 Å². The molecule has 0 aromatic heterocycles. The highest BCUT2D eigenvalue weighted by Crippen LogP contribution is 2.14. The van der Waals surface area contributed by atoms with Crippen molar-refractivity contribution in [2.45, 2.75) is 73.3 Å². The van der Waals surface area contributed by atoms with Gasteiger partial charge in [-0.3, -0.25) is 0 Å². The number of carbonyl (C=O) groups is 2. The molecule has 1 N–H and O–H groups in total. The second kappa shape index (κ2) is 10.5. The van der Waals surface area contributed by atoms with E-state index in [-0.39, 0.29) is 17.3 Å². The van der Waals surface area contributed by atoms with Gasteiger partial charge in [0.15, 0.2) is 0 Å². The van der Waals surface area contributed by atoms with Crippen LogP contribution in [-0.4, -0.2) is 31.3 Å². The molecule has 0 aliphatic heterocycles. The molecule has 2 atom stereocenters. The van der Waals surface area contributed by atoms with E-state index in [1.807, 2.05) is 34.6 Å². The maximum atomic E-state index is 12.2. The Kier molecular flexibility index (Phi) is 9.86. The number of amides is 1. The summed E-state index contributed by atoms with van der Waals surface area (Å²) in [4.78, 5) is 24.0. The van der Waals surface area contributed by atoms with E-state index in [0.717, 1.165) is 25.7 Å². The van der Waals surface area contributed by atoms with Crippen molar-refractivity contribution in [2.75, 3.05) is 13.2 Å². The van der Waals surface area contributed by atoms with Gasteiger partial charge in [-0.15, -0.1) is 0 Å². The molecule has 130 valence electrons. The zero-order valence-corrected chi connectivity index (χ0v) is 15.0. The third-order valence-electron chi connectivity index (χ3n) is 3.37. The highest BCUT2D eigenvalue weighted by molar-refractivity contribution is 5.81. The Balaban J connectivity index is 4.44. The fourth-order valence-corrected chi connectivity index (χ4v) is 1.73. The predicted octanol–water partition coefficient (Wildman–Crippen LogP) is 3.91. The molecule has 0 aromatic carbocycles. The van der Waals surface area contributed by atoms with Gasteiger partial charge < -0.3 is 14.8 Å². The molecule has 1 amide bonds. The fourth-order valence-electron chi connectivity index (χ4n) is 1.73. The molecule has 2 unspecified atom stereocenters. The van der Waals surface area contributed by atoms with E-state index in [0.29, 0.717) is 13.2 Å². The number of carbonyl (C=O) groups excluding carboxylic acids is 2. The average molecular weight is 315 g/mol. The van der Waals surface area contributed by atoms with Crippen LogP contribution in [0.4, 0.5) is 4.79 Å². The summed E-state index contributed by atoms with van der Waals surface area (Å²) in [5, 5.41) is 2.65. The summed E-state index contributed by atoms with van der Waals surface area (Å²) in [7, 11) is 0. The minimum Gasteiger partial charge on any atom is -0.464 e. The SMILES string of the molecule is CCCCCOC(=O)C(NC(=O)OCC(C)(C)C)C(C)CC. The van der Waals surface area contributed by atoms with Crippen LogP contribution in [0.25, 0.3) is 0 Å². The van der Waals surface area contributed by atoms with Crippen molar-refractivity contribution in [2.24, 2.45) is 11.3 Å². The lowest BCUT2D eigenvalue weighted by atomic mass is 9.98. The lowest BCUT2D eigenvalue weighted by molar-refractivity contribution is -0.147. The van der Waals surface area contributed by atoms with Gasteiger partial charge in [0, 0.05) is 0 Å². The highest BCUT2D eigenvalue weighted by atomic mass is 16.6. The normalized spacial score (nSPS) is 14.1. The first-order valence-electron chi connectivity index (χ1n) is 8.31. The van der Waals surface area contributed by atoms with Gasteiger partial charge in [-0.2, -0.15) is 0 Å². The quantitative estimate of drug-likeness (QED) is 0.517. The first-order chi connectivity index (χ1) is 10.2. The zero-order chi connectivity index (χ0) is 17.2. The Labute approximate surface area is 135 Å².